The summed E-state index contributed by atoms with van der Waals surface area (Å²) in [6.45, 7) is 0.479. The van der Waals surface area contributed by atoms with Gasteiger partial charge in [-0.15, -0.1) is 0 Å². The summed E-state index contributed by atoms with van der Waals surface area (Å²) in [5.74, 6) is 0. The fourth-order valence-electron chi connectivity index (χ4n) is 1.81. The molecule has 0 spiro atoms. The second kappa shape index (κ2) is 3.46. The van der Waals surface area contributed by atoms with E-state index in [1.807, 2.05) is 18.2 Å². The second-order valence-electron chi connectivity index (χ2n) is 3.61. The summed E-state index contributed by atoms with van der Waals surface area (Å²) in [5, 5.41) is 6.97. The Bertz CT molecular complexity index is 622. The molecule has 0 unspecified atom stereocenters. The van der Waals surface area contributed by atoms with Crippen LogP contribution in [0.25, 0.3) is 22.3 Å². The first kappa shape index (κ1) is 9.11. The van der Waals surface area contributed by atoms with Crippen molar-refractivity contribution in [1.29, 1.82) is 0 Å². The SMILES string of the molecule is NCc1cn[nH]c1-c1ccc2nc[nH]c2c1. The zero-order valence-electron chi connectivity index (χ0n) is 8.57. The quantitative estimate of drug-likeness (QED) is 0.601. The molecule has 0 fully saturated rings. The van der Waals surface area contributed by atoms with Crippen molar-refractivity contribution in [3.63, 3.8) is 0 Å². The van der Waals surface area contributed by atoms with E-state index in [1.54, 1.807) is 12.5 Å². The number of benzene rings is 1. The van der Waals surface area contributed by atoms with Gasteiger partial charge in [-0.3, -0.25) is 5.10 Å². The minimum atomic E-state index is 0.479. The highest BCUT2D eigenvalue weighted by molar-refractivity contribution is 5.81. The Labute approximate surface area is 91.7 Å². The van der Waals surface area contributed by atoms with Crippen molar-refractivity contribution in [3.8, 4) is 11.3 Å². The van der Waals surface area contributed by atoms with Crippen LogP contribution >= 0.6 is 0 Å². The molecule has 2 aromatic heterocycles. The molecule has 2 heterocycles. The lowest BCUT2D eigenvalue weighted by atomic mass is 10.1. The molecule has 1 aromatic carbocycles. The molecule has 0 aliphatic heterocycles. The number of imidazole rings is 1. The van der Waals surface area contributed by atoms with Crippen molar-refractivity contribution in [1.82, 2.24) is 20.2 Å². The average molecular weight is 213 g/mol. The Morgan fingerprint density at radius 2 is 2.25 bits per heavy atom. The number of nitrogens with one attached hydrogen (secondary N) is 2. The van der Waals surface area contributed by atoms with E-state index >= 15 is 0 Å². The number of nitrogens with two attached hydrogens (primary N) is 1. The minimum absolute atomic E-state index is 0.479. The summed E-state index contributed by atoms with van der Waals surface area (Å²) >= 11 is 0. The molecule has 0 saturated carbocycles. The van der Waals surface area contributed by atoms with E-state index in [9.17, 15) is 0 Å². The number of aromatic nitrogens is 4. The van der Waals surface area contributed by atoms with Gasteiger partial charge in [-0.2, -0.15) is 5.10 Å². The van der Waals surface area contributed by atoms with Gasteiger partial charge in [0.25, 0.3) is 0 Å². The summed E-state index contributed by atoms with van der Waals surface area (Å²) in [6, 6.07) is 6.02. The topological polar surface area (TPSA) is 83.4 Å². The predicted molar refractivity (Wildman–Crippen MR) is 61.6 cm³/mol. The van der Waals surface area contributed by atoms with E-state index < -0.39 is 0 Å². The molecular weight excluding hydrogens is 202 g/mol. The predicted octanol–water partition coefficient (Wildman–Crippen LogP) is 1.41. The van der Waals surface area contributed by atoms with Gasteiger partial charge in [0.1, 0.15) is 0 Å². The third kappa shape index (κ3) is 1.30. The van der Waals surface area contributed by atoms with Crippen molar-refractivity contribution in [2.75, 3.05) is 0 Å². The summed E-state index contributed by atoms with van der Waals surface area (Å²) < 4.78 is 0. The molecule has 16 heavy (non-hydrogen) atoms. The van der Waals surface area contributed by atoms with Gasteiger partial charge in [-0.25, -0.2) is 4.98 Å². The van der Waals surface area contributed by atoms with Crippen molar-refractivity contribution in [2.45, 2.75) is 6.54 Å². The molecule has 4 N–H and O–H groups in total. The molecule has 0 aliphatic carbocycles. The van der Waals surface area contributed by atoms with Gasteiger partial charge in [0.05, 0.1) is 29.3 Å². The molecular formula is C11H11N5. The Morgan fingerprint density at radius 3 is 3.12 bits per heavy atom. The highest BCUT2D eigenvalue weighted by Crippen LogP contribution is 2.23. The van der Waals surface area contributed by atoms with E-state index in [0.717, 1.165) is 27.9 Å². The zero-order valence-corrected chi connectivity index (χ0v) is 8.57. The molecule has 5 heteroatoms. The number of aromatic amines is 2. The van der Waals surface area contributed by atoms with E-state index in [4.69, 9.17) is 5.73 Å². The maximum Gasteiger partial charge on any atom is 0.0931 e. The largest absolute Gasteiger partial charge is 0.345 e. The third-order valence-electron chi connectivity index (χ3n) is 2.65. The molecule has 0 atom stereocenters. The minimum Gasteiger partial charge on any atom is -0.345 e. The molecule has 3 rings (SSSR count). The van der Waals surface area contributed by atoms with Crippen molar-refractivity contribution >= 4 is 11.0 Å². The first-order valence-corrected chi connectivity index (χ1v) is 5.04. The first-order valence-electron chi connectivity index (χ1n) is 5.04. The van der Waals surface area contributed by atoms with Crippen molar-refractivity contribution in [3.05, 3.63) is 36.3 Å². The standard InChI is InChI=1S/C11H11N5/c12-4-8-5-15-16-11(8)7-1-2-9-10(3-7)14-6-13-9/h1-3,5-6H,4,12H2,(H,13,14)(H,15,16). The maximum atomic E-state index is 5.64. The van der Waals surface area contributed by atoms with Gasteiger partial charge in [-0.05, 0) is 12.1 Å². The van der Waals surface area contributed by atoms with Gasteiger partial charge in [0, 0.05) is 17.7 Å². The Kier molecular flexibility index (Phi) is 1.97. The van der Waals surface area contributed by atoms with Gasteiger partial charge >= 0.3 is 0 Å². The van der Waals surface area contributed by atoms with Crippen LogP contribution in [0.15, 0.2) is 30.7 Å². The third-order valence-corrected chi connectivity index (χ3v) is 2.65. The van der Waals surface area contributed by atoms with Crippen LogP contribution in [-0.2, 0) is 6.54 Å². The summed E-state index contributed by atoms with van der Waals surface area (Å²) in [6.07, 6.45) is 3.44. The van der Waals surface area contributed by atoms with Crippen LogP contribution in [-0.4, -0.2) is 20.2 Å². The molecule has 0 amide bonds. The number of hydrogen-bond donors (Lipinski definition) is 3. The van der Waals surface area contributed by atoms with Crippen LogP contribution in [0.1, 0.15) is 5.56 Å². The van der Waals surface area contributed by atoms with Gasteiger partial charge in [-0.1, -0.05) is 6.07 Å². The Hall–Kier alpha value is -2.14. The summed E-state index contributed by atoms with van der Waals surface area (Å²) in [4.78, 5) is 7.26. The normalized spacial score (nSPS) is 11.1. The lowest BCUT2D eigenvalue weighted by Crippen LogP contribution is -1.96. The van der Waals surface area contributed by atoms with Crippen LogP contribution in [0, 0.1) is 0 Å². The lowest BCUT2D eigenvalue weighted by molar-refractivity contribution is 1.08. The number of nitrogens with zero attached hydrogens (tertiary/aromatic N) is 2. The van der Waals surface area contributed by atoms with Gasteiger partial charge < -0.3 is 10.7 Å². The van der Waals surface area contributed by atoms with Crippen LogP contribution in [0.5, 0.6) is 0 Å². The fourth-order valence-corrected chi connectivity index (χ4v) is 1.81. The highest BCUT2D eigenvalue weighted by Gasteiger charge is 2.07. The maximum absolute atomic E-state index is 5.64. The fraction of sp³-hybridized carbons (Fsp3) is 0.0909. The molecule has 3 aromatic rings. The zero-order chi connectivity index (χ0) is 11.0. The van der Waals surface area contributed by atoms with Crippen LogP contribution in [0.4, 0.5) is 0 Å². The monoisotopic (exact) mass is 213 g/mol. The number of fused-ring (bicyclic) bond motifs is 1. The molecule has 5 nitrogen and oxygen atoms in total. The van der Waals surface area contributed by atoms with Gasteiger partial charge in [0.15, 0.2) is 0 Å². The van der Waals surface area contributed by atoms with Crippen LogP contribution in [0.3, 0.4) is 0 Å². The smallest absolute Gasteiger partial charge is 0.0931 e. The van der Waals surface area contributed by atoms with Gasteiger partial charge in [0.2, 0.25) is 0 Å². The van der Waals surface area contributed by atoms with Crippen molar-refractivity contribution < 1.29 is 0 Å². The van der Waals surface area contributed by atoms with E-state index in [-0.39, 0.29) is 0 Å². The lowest BCUT2D eigenvalue weighted by Gasteiger charge is -2.00. The molecule has 0 bridgehead atoms. The summed E-state index contributed by atoms with van der Waals surface area (Å²) in [7, 11) is 0. The molecule has 80 valence electrons. The summed E-state index contributed by atoms with van der Waals surface area (Å²) in [5.41, 5.74) is 10.7. The first-order chi connectivity index (χ1) is 7.88. The number of hydrogen-bond acceptors (Lipinski definition) is 3. The van der Waals surface area contributed by atoms with Crippen molar-refractivity contribution in [2.24, 2.45) is 5.73 Å². The average Bonchev–Trinajstić information content (AvgIpc) is 2.96. The Morgan fingerprint density at radius 1 is 1.31 bits per heavy atom. The molecule has 0 aliphatic rings. The number of rotatable bonds is 2. The van der Waals surface area contributed by atoms with E-state index in [1.165, 1.54) is 0 Å². The van der Waals surface area contributed by atoms with Crippen LogP contribution < -0.4 is 5.73 Å². The second-order valence-corrected chi connectivity index (χ2v) is 3.61. The van der Waals surface area contributed by atoms with E-state index in [2.05, 4.69) is 20.2 Å². The highest BCUT2D eigenvalue weighted by atomic mass is 15.1. The molecule has 0 saturated heterocycles. The Balaban J connectivity index is 2.18. The number of H-pyrrole nitrogens is 2. The molecule has 0 radical (unpaired) electrons. The van der Waals surface area contributed by atoms with E-state index in [0.29, 0.717) is 6.54 Å². The van der Waals surface area contributed by atoms with Crippen LogP contribution in [0.2, 0.25) is 0 Å².